The van der Waals surface area contributed by atoms with Crippen molar-refractivity contribution >= 4 is 34.4 Å². The van der Waals surface area contributed by atoms with E-state index in [0.29, 0.717) is 20.5 Å². The van der Waals surface area contributed by atoms with E-state index in [9.17, 15) is 4.39 Å². The van der Waals surface area contributed by atoms with E-state index in [4.69, 9.17) is 17.0 Å². The Morgan fingerprint density at radius 2 is 2.38 bits per heavy atom. The number of anilines is 2. The third kappa shape index (κ3) is 2.37. The van der Waals surface area contributed by atoms with Crippen molar-refractivity contribution in [3.8, 4) is 5.75 Å². The highest BCUT2D eigenvalue weighted by molar-refractivity contribution is 7.73. The van der Waals surface area contributed by atoms with Gasteiger partial charge in [-0.15, -0.1) is 5.10 Å². The quantitative estimate of drug-likeness (QED) is 0.830. The molecule has 0 radical (unpaired) electrons. The molecule has 0 amide bonds. The lowest BCUT2D eigenvalue weighted by atomic mass is 10.3. The van der Waals surface area contributed by atoms with Crippen LogP contribution in [0.1, 0.15) is 0 Å². The molecule has 7 heteroatoms. The van der Waals surface area contributed by atoms with Gasteiger partial charge in [-0.25, -0.2) is 4.39 Å². The number of hydrogen-bond donors (Lipinski definition) is 2. The normalized spacial score (nSPS) is 10.1. The molecule has 1 aromatic carbocycles. The summed E-state index contributed by atoms with van der Waals surface area (Å²) in [6.07, 6.45) is 0. The Hall–Kier alpha value is -1.47. The number of aromatic amines is 1. The van der Waals surface area contributed by atoms with Gasteiger partial charge in [0.2, 0.25) is 5.13 Å². The minimum atomic E-state index is -0.373. The summed E-state index contributed by atoms with van der Waals surface area (Å²) in [6.45, 7) is 0. The standard InChI is InChI=1S/C9H8FN3OS2/c1-14-5-2-3-6(10)7(4-5)11-8-12-13-9(15)16-8/h2-4H,1H3,(H,11,12)(H,13,15). The van der Waals surface area contributed by atoms with Crippen LogP contribution < -0.4 is 10.1 Å². The van der Waals surface area contributed by atoms with E-state index in [1.807, 2.05) is 0 Å². The lowest BCUT2D eigenvalue weighted by Gasteiger charge is -2.05. The lowest BCUT2D eigenvalue weighted by molar-refractivity contribution is 0.414. The summed E-state index contributed by atoms with van der Waals surface area (Å²) in [7, 11) is 1.52. The first-order valence-electron chi connectivity index (χ1n) is 4.35. The zero-order valence-electron chi connectivity index (χ0n) is 8.28. The Balaban J connectivity index is 2.29. The summed E-state index contributed by atoms with van der Waals surface area (Å²) in [4.78, 5) is 0. The molecule has 2 aromatic rings. The summed E-state index contributed by atoms with van der Waals surface area (Å²) in [5.41, 5.74) is 0.303. The average Bonchev–Trinajstić information content (AvgIpc) is 2.67. The number of hydrogen-bond acceptors (Lipinski definition) is 5. The molecule has 0 fully saturated rings. The molecular formula is C9H8FN3OS2. The van der Waals surface area contributed by atoms with Crippen molar-refractivity contribution in [2.75, 3.05) is 12.4 Å². The van der Waals surface area contributed by atoms with Crippen LogP contribution in [0.15, 0.2) is 18.2 Å². The molecule has 84 valence electrons. The predicted octanol–water partition coefficient (Wildman–Crippen LogP) is 3.09. The topological polar surface area (TPSA) is 49.9 Å². The van der Waals surface area contributed by atoms with Gasteiger partial charge in [-0.3, -0.25) is 5.10 Å². The maximum absolute atomic E-state index is 13.4. The van der Waals surface area contributed by atoms with Crippen LogP contribution in [0.5, 0.6) is 5.75 Å². The molecule has 0 atom stereocenters. The highest BCUT2D eigenvalue weighted by atomic mass is 32.1. The fraction of sp³-hybridized carbons (Fsp3) is 0.111. The second-order valence-electron chi connectivity index (χ2n) is 2.89. The van der Waals surface area contributed by atoms with Crippen molar-refractivity contribution in [2.24, 2.45) is 0 Å². The van der Waals surface area contributed by atoms with Crippen LogP contribution in [-0.4, -0.2) is 17.3 Å². The molecule has 1 aromatic heterocycles. The van der Waals surface area contributed by atoms with Gasteiger partial charge < -0.3 is 10.1 Å². The first-order chi connectivity index (χ1) is 7.69. The summed E-state index contributed by atoms with van der Waals surface area (Å²) in [6, 6.07) is 4.43. The Kier molecular flexibility index (Phi) is 3.16. The molecular weight excluding hydrogens is 249 g/mol. The van der Waals surface area contributed by atoms with Crippen LogP contribution in [0.4, 0.5) is 15.2 Å². The minimum Gasteiger partial charge on any atom is -0.497 e. The number of nitrogens with zero attached hydrogens (tertiary/aromatic N) is 1. The number of H-pyrrole nitrogens is 1. The van der Waals surface area contributed by atoms with Gasteiger partial charge in [0.25, 0.3) is 0 Å². The van der Waals surface area contributed by atoms with E-state index in [-0.39, 0.29) is 5.82 Å². The third-order valence-electron chi connectivity index (χ3n) is 1.85. The minimum absolute atomic E-state index is 0.303. The molecule has 2 rings (SSSR count). The van der Waals surface area contributed by atoms with Crippen LogP contribution in [0.25, 0.3) is 0 Å². The fourth-order valence-corrected chi connectivity index (χ4v) is 1.93. The van der Waals surface area contributed by atoms with Crippen molar-refractivity contribution < 1.29 is 9.13 Å². The number of aromatic nitrogens is 2. The molecule has 0 unspecified atom stereocenters. The first-order valence-corrected chi connectivity index (χ1v) is 5.57. The molecule has 0 aliphatic rings. The van der Waals surface area contributed by atoms with E-state index in [1.165, 1.54) is 24.5 Å². The average molecular weight is 257 g/mol. The Morgan fingerprint density at radius 3 is 3.00 bits per heavy atom. The van der Waals surface area contributed by atoms with Crippen LogP contribution in [0.3, 0.4) is 0 Å². The van der Waals surface area contributed by atoms with Gasteiger partial charge in [-0.2, -0.15) is 0 Å². The van der Waals surface area contributed by atoms with Crippen molar-refractivity contribution in [1.82, 2.24) is 10.2 Å². The molecule has 0 saturated carbocycles. The Labute approximate surface area is 100 Å². The zero-order chi connectivity index (χ0) is 11.5. The van der Waals surface area contributed by atoms with Gasteiger partial charge in [0.15, 0.2) is 3.95 Å². The second kappa shape index (κ2) is 4.58. The first kappa shape index (κ1) is 11.0. The number of nitrogens with one attached hydrogen (secondary N) is 2. The van der Waals surface area contributed by atoms with Crippen LogP contribution >= 0.6 is 23.6 Å². The number of ether oxygens (including phenoxy) is 1. The molecule has 2 N–H and O–H groups in total. The van der Waals surface area contributed by atoms with Crippen molar-refractivity contribution in [2.45, 2.75) is 0 Å². The van der Waals surface area contributed by atoms with E-state index in [1.54, 1.807) is 12.1 Å². The van der Waals surface area contributed by atoms with E-state index >= 15 is 0 Å². The molecule has 1 heterocycles. The smallest absolute Gasteiger partial charge is 0.208 e. The van der Waals surface area contributed by atoms with E-state index in [0.717, 1.165) is 0 Å². The second-order valence-corrected chi connectivity index (χ2v) is 4.55. The van der Waals surface area contributed by atoms with Gasteiger partial charge in [0, 0.05) is 6.07 Å². The summed E-state index contributed by atoms with van der Waals surface area (Å²) in [5, 5.41) is 9.82. The highest BCUT2D eigenvalue weighted by Crippen LogP contribution is 2.25. The zero-order valence-corrected chi connectivity index (χ0v) is 9.91. The SMILES string of the molecule is COc1ccc(F)c(Nc2n[nH]c(=S)s2)c1. The van der Waals surface area contributed by atoms with Gasteiger partial charge >= 0.3 is 0 Å². The molecule has 0 spiro atoms. The molecule has 16 heavy (non-hydrogen) atoms. The monoisotopic (exact) mass is 257 g/mol. The largest absolute Gasteiger partial charge is 0.497 e. The van der Waals surface area contributed by atoms with Crippen LogP contribution in [0, 0.1) is 9.77 Å². The molecule has 0 saturated heterocycles. The molecule has 4 nitrogen and oxygen atoms in total. The number of methoxy groups -OCH3 is 1. The van der Waals surface area contributed by atoms with Gasteiger partial charge in [0.05, 0.1) is 12.8 Å². The van der Waals surface area contributed by atoms with Crippen molar-refractivity contribution in [3.05, 3.63) is 28.0 Å². The van der Waals surface area contributed by atoms with Crippen molar-refractivity contribution in [1.29, 1.82) is 0 Å². The maximum Gasteiger partial charge on any atom is 0.208 e. The fourth-order valence-electron chi connectivity index (χ4n) is 1.13. The Morgan fingerprint density at radius 1 is 1.56 bits per heavy atom. The summed E-state index contributed by atoms with van der Waals surface area (Å²) in [5.74, 6) is 0.199. The summed E-state index contributed by atoms with van der Waals surface area (Å²) >= 11 is 6.11. The van der Waals surface area contributed by atoms with Gasteiger partial charge in [0.1, 0.15) is 11.6 Å². The lowest BCUT2D eigenvalue weighted by Crippen LogP contribution is -1.94. The van der Waals surface area contributed by atoms with E-state index in [2.05, 4.69) is 15.5 Å². The Bertz CT molecular complexity index is 552. The molecule has 0 aliphatic carbocycles. The predicted molar refractivity (Wildman–Crippen MR) is 63.5 cm³/mol. The highest BCUT2D eigenvalue weighted by Gasteiger charge is 2.06. The van der Waals surface area contributed by atoms with Crippen LogP contribution in [0.2, 0.25) is 0 Å². The third-order valence-corrected chi connectivity index (χ3v) is 2.86. The summed E-state index contributed by atoms with van der Waals surface area (Å²) < 4.78 is 19.0. The van der Waals surface area contributed by atoms with Gasteiger partial charge in [-0.1, -0.05) is 11.3 Å². The maximum atomic E-state index is 13.4. The molecule has 0 bridgehead atoms. The number of halogens is 1. The number of benzene rings is 1. The van der Waals surface area contributed by atoms with Gasteiger partial charge in [-0.05, 0) is 24.4 Å². The van der Waals surface area contributed by atoms with E-state index < -0.39 is 0 Å². The van der Waals surface area contributed by atoms with Crippen LogP contribution in [-0.2, 0) is 0 Å². The van der Waals surface area contributed by atoms with Crippen molar-refractivity contribution in [3.63, 3.8) is 0 Å². The number of rotatable bonds is 3. The molecule has 0 aliphatic heterocycles.